The summed E-state index contributed by atoms with van der Waals surface area (Å²) in [6, 6.07) is 17.7. The Labute approximate surface area is 144 Å². The van der Waals surface area contributed by atoms with E-state index in [-0.39, 0.29) is 6.61 Å². The smallest absolute Gasteiger partial charge is 0.356 e. The molecule has 4 nitrogen and oxygen atoms in total. The molecule has 3 rings (SSSR count). The van der Waals surface area contributed by atoms with Crippen molar-refractivity contribution < 1.29 is 9.53 Å². The second kappa shape index (κ2) is 6.81. The van der Waals surface area contributed by atoms with Gasteiger partial charge in [-0.05, 0) is 30.9 Å². The van der Waals surface area contributed by atoms with Gasteiger partial charge in [0, 0.05) is 0 Å². The molecule has 2 heterocycles. The number of carbonyl (C=O) groups excluding carboxylic acids is 1. The van der Waals surface area contributed by atoms with Crippen LogP contribution >= 0.6 is 11.8 Å². The Kier molecular flexibility index (Phi) is 4.59. The van der Waals surface area contributed by atoms with E-state index in [1.54, 1.807) is 6.92 Å². The molecule has 120 valence electrons. The second-order valence-electron chi connectivity index (χ2n) is 5.09. The molecule has 1 aromatic carbocycles. The standard InChI is InChI=1S/C19H16N2O2S/c1-3-23-19(22)17-18(24-2)14(12-20)16-11-7-10-15(21(16)17)13-8-5-4-6-9-13/h4-11H,3H2,1-2H3. The van der Waals surface area contributed by atoms with Gasteiger partial charge in [-0.15, -0.1) is 11.8 Å². The largest absolute Gasteiger partial charge is 0.461 e. The zero-order chi connectivity index (χ0) is 17.1. The summed E-state index contributed by atoms with van der Waals surface area (Å²) >= 11 is 1.39. The highest BCUT2D eigenvalue weighted by molar-refractivity contribution is 7.98. The molecule has 0 unspecified atom stereocenters. The minimum Gasteiger partial charge on any atom is -0.461 e. The third-order valence-corrected chi connectivity index (χ3v) is 4.57. The fourth-order valence-electron chi connectivity index (χ4n) is 2.81. The van der Waals surface area contributed by atoms with Crippen molar-refractivity contribution in [2.75, 3.05) is 12.9 Å². The average Bonchev–Trinajstić information content (AvgIpc) is 2.96. The molecule has 0 aliphatic rings. The number of nitrogens with zero attached hydrogens (tertiary/aromatic N) is 2. The summed E-state index contributed by atoms with van der Waals surface area (Å²) in [5, 5.41) is 9.61. The van der Waals surface area contributed by atoms with Crippen LogP contribution in [0, 0.1) is 11.3 Å². The van der Waals surface area contributed by atoms with Gasteiger partial charge in [-0.2, -0.15) is 5.26 Å². The van der Waals surface area contributed by atoms with Crippen molar-refractivity contribution in [3.05, 3.63) is 59.8 Å². The molecular formula is C19H16N2O2S. The van der Waals surface area contributed by atoms with Crippen molar-refractivity contribution in [2.24, 2.45) is 0 Å². The van der Waals surface area contributed by atoms with E-state index in [2.05, 4.69) is 6.07 Å². The molecule has 0 aliphatic heterocycles. The molecule has 0 amide bonds. The third kappa shape index (κ3) is 2.55. The van der Waals surface area contributed by atoms with E-state index in [9.17, 15) is 10.1 Å². The first kappa shape index (κ1) is 16.2. The predicted molar refractivity (Wildman–Crippen MR) is 95.3 cm³/mol. The molecule has 0 aliphatic carbocycles. The molecule has 24 heavy (non-hydrogen) atoms. The maximum atomic E-state index is 12.6. The van der Waals surface area contributed by atoms with Crippen LogP contribution in [-0.2, 0) is 4.74 Å². The topological polar surface area (TPSA) is 54.5 Å². The maximum absolute atomic E-state index is 12.6. The van der Waals surface area contributed by atoms with Gasteiger partial charge >= 0.3 is 5.97 Å². The van der Waals surface area contributed by atoms with Gasteiger partial charge in [0.1, 0.15) is 11.8 Å². The number of pyridine rings is 1. The molecule has 0 saturated carbocycles. The van der Waals surface area contributed by atoms with Crippen molar-refractivity contribution in [1.29, 1.82) is 5.26 Å². The summed E-state index contributed by atoms with van der Waals surface area (Å²) < 4.78 is 7.08. The molecule has 0 bridgehead atoms. The van der Waals surface area contributed by atoms with Crippen LogP contribution in [-0.4, -0.2) is 23.2 Å². The quantitative estimate of drug-likeness (QED) is 0.524. The number of nitriles is 1. The van der Waals surface area contributed by atoms with Crippen molar-refractivity contribution in [2.45, 2.75) is 11.8 Å². The lowest BCUT2D eigenvalue weighted by molar-refractivity contribution is 0.0514. The van der Waals surface area contributed by atoms with Gasteiger partial charge in [-0.3, -0.25) is 0 Å². The van der Waals surface area contributed by atoms with E-state index in [0.717, 1.165) is 11.3 Å². The Morgan fingerprint density at radius 2 is 1.96 bits per heavy atom. The van der Waals surface area contributed by atoms with Gasteiger partial charge in [0.2, 0.25) is 0 Å². The summed E-state index contributed by atoms with van der Waals surface area (Å²) in [5.74, 6) is -0.415. The van der Waals surface area contributed by atoms with E-state index in [4.69, 9.17) is 4.74 Å². The molecular weight excluding hydrogens is 320 g/mol. The summed E-state index contributed by atoms with van der Waals surface area (Å²) in [7, 11) is 0. The summed E-state index contributed by atoms with van der Waals surface area (Å²) in [6.45, 7) is 2.06. The van der Waals surface area contributed by atoms with Crippen molar-refractivity contribution >= 4 is 23.2 Å². The fraction of sp³-hybridized carbons (Fsp3) is 0.158. The molecule has 3 aromatic rings. The monoisotopic (exact) mass is 336 g/mol. The predicted octanol–water partition coefficient (Wildman–Crippen LogP) is 4.38. The van der Waals surface area contributed by atoms with Crippen LogP contribution in [0.5, 0.6) is 0 Å². The zero-order valence-electron chi connectivity index (χ0n) is 13.4. The first-order valence-corrected chi connectivity index (χ1v) is 8.79. The Hall–Kier alpha value is -2.71. The Balaban J connectivity index is 2.43. The van der Waals surface area contributed by atoms with Gasteiger partial charge in [0.25, 0.3) is 0 Å². The minimum atomic E-state index is -0.415. The van der Waals surface area contributed by atoms with E-state index in [0.29, 0.717) is 21.7 Å². The van der Waals surface area contributed by atoms with Gasteiger partial charge < -0.3 is 9.14 Å². The van der Waals surface area contributed by atoms with Crippen LogP contribution in [0.25, 0.3) is 16.8 Å². The lowest BCUT2D eigenvalue weighted by Gasteiger charge is -2.10. The summed E-state index contributed by atoms with van der Waals surface area (Å²) in [5.41, 5.74) is 3.46. The van der Waals surface area contributed by atoms with Crippen molar-refractivity contribution in [3.8, 4) is 17.3 Å². The number of thioether (sulfide) groups is 1. The highest BCUT2D eigenvalue weighted by Gasteiger charge is 2.25. The SMILES string of the molecule is CCOC(=O)c1c(SC)c(C#N)c2cccc(-c3ccccc3)n12. The molecule has 0 radical (unpaired) electrons. The van der Waals surface area contributed by atoms with Crippen LogP contribution in [0.15, 0.2) is 53.4 Å². The minimum absolute atomic E-state index is 0.287. The van der Waals surface area contributed by atoms with Crippen LogP contribution in [0.1, 0.15) is 23.0 Å². The lowest BCUT2D eigenvalue weighted by atomic mass is 10.1. The molecule has 0 N–H and O–H groups in total. The number of benzene rings is 1. The van der Waals surface area contributed by atoms with Crippen LogP contribution in [0.3, 0.4) is 0 Å². The number of ether oxygens (including phenoxy) is 1. The number of fused-ring (bicyclic) bond motifs is 1. The molecule has 0 atom stereocenters. The highest BCUT2D eigenvalue weighted by Crippen LogP contribution is 2.34. The fourth-order valence-corrected chi connectivity index (χ4v) is 3.53. The number of rotatable bonds is 4. The molecule has 0 fully saturated rings. The van der Waals surface area contributed by atoms with Crippen LogP contribution in [0.2, 0.25) is 0 Å². The first-order valence-electron chi connectivity index (χ1n) is 7.57. The number of carbonyl (C=O) groups is 1. The van der Waals surface area contributed by atoms with E-state index >= 15 is 0 Å². The van der Waals surface area contributed by atoms with Crippen molar-refractivity contribution in [1.82, 2.24) is 4.40 Å². The Morgan fingerprint density at radius 3 is 2.58 bits per heavy atom. The zero-order valence-corrected chi connectivity index (χ0v) is 14.3. The van der Waals surface area contributed by atoms with E-state index in [1.165, 1.54) is 11.8 Å². The number of hydrogen-bond donors (Lipinski definition) is 0. The van der Waals surface area contributed by atoms with Gasteiger partial charge in [0.15, 0.2) is 0 Å². The van der Waals surface area contributed by atoms with Crippen LogP contribution < -0.4 is 0 Å². The number of esters is 1. The number of aromatic nitrogens is 1. The second-order valence-corrected chi connectivity index (χ2v) is 5.90. The van der Waals surface area contributed by atoms with Crippen molar-refractivity contribution in [3.63, 3.8) is 0 Å². The third-order valence-electron chi connectivity index (χ3n) is 3.77. The van der Waals surface area contributed by atoms with E-state index < -0.39 is 5.97 Å². The molecule has 0 saturated heterocycles. The van der Waals surface area contributed by atoms with Gasteiger partial charge in [0.05, 0.1) is 28.3 Å². The lowest BCUT2D eigenvalue weighted by Crippen LogP contribution is -2.10. The maximum Gasteiger partial charge on any atom is 0.356 e. The van der Waals surface area contributed by atoms with Gasteiger partial charge in [-0.1, -0.05) is 36.4 Å². The van der Waals surface area contributed by atoms with Gasteiger partial charge in [-0.25, -0.2) is 4.79 Å². The number of hydrogen-bond acceptors (Lipinski definition) is 4. The molecule has 2 aromatic heterocycles. The summed E-state index contributed by atoms with van der Waals surface area (Å²) in [6.07, 6.45) is 1.86. The molecule has 5 heteroatoms. The Morgan fingerprint density at radius 1 is 1.21 bits per heavy atom. The van der Waals surface area contributed by atoms with E-state index in [1.807, 2.05) is 59.2 Å². The van der Waals surface area contributed by atoms with Crippen LogP contribution in [0.4, 0.5) is 0 Å². The normalized spacial score (nSPS) is 10.5. The highest BCUT2D eigenvalue weighted by atomic mass is 32.2. The first-order chi connectivity index (χ1) is 11.7. The average molecular weight is 336 g/mol. The summed E-state index contributed by atoms with van der Waals surface area (Å²) in [4.78, 5) is 13.2. The Bertz CT molecular complexity index is 939. The molecule has 0 spiro atoms.